The summed E-state index contributed by atoms with van der Waals surface area (Å²) in [4.78, 5) is 15.9. The first kappa shape index (κ1) is 13.9. The number of urea groups is 1. The number of carbonyl (C=O) groups is 1. The van der Waals surface area contributed by atoms with Crippen LogP contribution in [0.25, 0.3) is 0 Å². The fourth-order valence-corrected chi connectivity index (χ4v) is 4.09. The van der Waals surface area contributed by atoms with Crippen LogP contribution in [0.4, 0.5) is 4.79 Å². The number of ether oxygens (including phenoxy) is 1. The van der Waals surface area contributed by atoms with Gasteiger partial charge in [-0.3, -0.25) is 0 Å². The van der Waals surface area contributed by atoms with Gasteiger partial charge < -0.3 is 15.0 Å². The Morgan fingerprint density at radius 2 is 2.50 bits per heavy atom. The van der Waals surface area contributed by atoms with Crippen LogP contribution in [0.5, 0.6) is 0 Å². The molecule has 2 amide bonds. The Balaban J connectivity index is 1.62. The molecular formula is C15H22N2O2S. The molecule has 0 spiro atoms. The minimum Gasteiger partial charge on any atom is -0.381 e. The van der Waals surface area contributed by atoms with Gasteiger partial charge in [-0.2, -0.15) is 0 Å². The molecule has 0 aliphatic carbocycles. The van der Waals surface area contributed by atoms with Gasteiger partial charge in [0.05, 0.1) is 12.6 Å². The summed E-state index contributed by atoms with van der Waals surface area (Å²) in [5, 5.41) is 5.24. The number of rotatable bonds is 3. The molecule has 1 aromatic heterocycles. The fraction of sp³-hybridized carbons (Fsp3) is 0.667. The number of nitrogens with one attached hydrogen (secondary N) is 1. The molecule has 20 heavy (non-hydrogen) atoms. The summed E-state index contributed by atoms with van der Waals surface area (Å²) in [6, 6.07) is 2.50. The summed E-state index contributed by atoms with van der Waals surface area (Å²) in [6.45, 7) is 5.34. The Hall–Kier alpha value is -1.07. The minimum atomic E-state index is 0.0839. The highest BCUT2D eigenvalue weighted by molar-refractivity contribution is 7.10. The highest BCUT2D eigenvalue weighted by Crippen LogP contribution is 2.35. The van der Waals surface area contributed by atoms with Crippen LogP contribution in [0.3, 0.4) is 0 Å². The molecule has 1 aromatic rings. The van der Waals surface area contributed by atoms with Gasteiger partial charge in [-0.1, -0.05) is 6.92 Å². The van der Waals surface area contributed by atoms with Gasteiger partial charge in [-0.25, -0.2) is 4.79 Å². The summed E-state index contributed by atoms with van der Waals surface area (Å²) in [5.41, 5.74) is 1.35. The summed E-state index contributed by atoms with van der Waals surface area (Å²) < 4.78 is 5.35. The van der Waals surface area contributed by atoms with Crippen molar-refractivity contribution < 1.29 is 9.53 Å². The normalized spacial score (nSPS) is 25.6. The molecule has 0 saturated carbocycles. The predicted molar refractivity (Wildman–Crippen MR) is 80.1 cm³/mol. The van der Waals surface area contributed by atoms with Crippen molar-refractivity contribution in [1.82, 2.24) is 10.2 Å². The molecule has 0 bridgehead atoms. The number of thiophene rings is 1. The van der Waals surface area contributed by atoms with Gasteiger partial charge in [0.1, 0.15) is 0 Å². The number of nitrogens with zero attached hydrogens (tertiary/aromatic N) is 1. The van der Waals surface area contributed by atoms with Crippen LogP contribution in [0.15, 0.2) is 11.4 Å². The molecule has 1 fully saturated rings. The van der Waals surface area contributed by atoms with Gasteiger partial charge >= 0.3 is 6.03 Å². The van der Waals surface area contributed by atoms with Crippen molar-refractivity contribution in [3.63, 3.8) is 0 Å². The first-order chi connectivity index (χ1) is 9.79. The summed E-state index contributed by atoms with van der Waals surface area (Å²) in [5.74, 6) is 0.487. The van der Waals surface area contributed by atoms with E-state index >= 15 is 0 Å². The second-order valence-corrected chi connectivity index (χ2v) is 6.58. The maximum Gasteiger partial charge on any atom is 0.317 e. The minimum absolute atomic E-state index is 0.0839. The monoisotopic (exact) mass is 294 g/mol. The molecular weight excluding hydrogens is 272 g/mol. The second-order valence-electron chi connectivity index (χ2n) is 5.58. The smallest absolute Gasteiger partial charge is 0.317 e. The molecule has 3 heterocycles. The molecule has 2 aliphatic rings. The SMILES string of the molecule is CC[C@@H]1c2ccsc2CCN1C(=O)NC[C@@H]1CCOC1. The molecule has 0 aromatic carbocycles. The lowest BCUT2D eigenvalue weighted by Gasteiger charge is -2.35. The number of carbonyl (C=O) groups excluding carboxylic acids is 1. The van der Waals surface area contributed by atoms with E-state index in [1.165, 1.54) is 10.4 Å². The van der Waals surface area contributed by atoms with Crippen LogP contribution in [-0.4, -0.2) is 37.2 Å². The molecule has 2 aliphatic heterocycles. The van der Waals surface area contributed by atoms with Crippen LogP contribution < -0.4 is 5.32 Å². The molecule has 5 heteroatoms. The Labute approximate surface area is 124 Å². The summed E-state index contributed by atoms with van der Waals surface area (Å²) >= 11 is 1.82. The van der Waals surface area contributed by atoms with Gasteiger partial charge in [-0.05, 0) is 36.3 Å². The lowest BCUT2D eigenvalue weighted by Crippen LogP contribution is -2.46. The fourth-order valence-electron chi connectivity index (χ4n) is 3.16. The van der Waals surface area contributed by atoms with Crippen molar-refractivity contribution in [1.29, 1.82) is 0 Å². The van der Waals surface area contributed by atoms with E-state index in [2.05, 4.69) is 23.7 Å². The highest BCUT2D eigenvalue weighted by atomic mass is 32.1. The van der Waals surface area contributed by atoms with E-state index in [1.54, 1.807) is 0 Å². The number of amides is 2. The Morgan fingerprint density at radius 1 is 1.60 bits per heavy atom. The standard InChI is InChI=1S/C15H22N2O2S/c1-2-13-12-5-8-20-14(12)3-6-17(13)15(18)16-9-11-4-7-19-10-11/h5,8,11,13H,2-4,6-7,9-10H2,1H3,(H,16,18)/t11-,13+/m0/s1. The first-order valence-corrected chi connectivity index (χ1v) is 8.36. The Kier molecular flexibility index (Phi) is 4.27. The molecule has 0 radical (unpaired) electrons. The van der Waals surface area contributed by atoms with Crippen molar-refractivity contribution >= 4 is 17.4 Å². The third-order valence-corrected chi connectivity index (χ3v) is 5.30. The summed E-state index contributed by atoms with van der Waals surface area (Å²) in [7, 11) is 0. The van der Waals surface area contributed by atoms with Gasteiger partial charge in [0.25, 0.3) is 0 Å². The zero-order chi connectivity index (χ0) is 13.9. The van der Waals surface area contributed by atoms with Crippen LogP contribution in [0, 0.1) is 5.92 Å². The number of fused-ring (bicyclic) bond motifs is 1. The largest absolute Gasteiger partial charge is 0.381 e. The van der Waals surface area contributed by atoms with Crippen LogP contribution in [0.2, 0.25) is 0 Å². The van der Waals surface area contributed by atoms with Gasteiger partial charge in [0.2, 0.25) is 0 Å². The van der Waals surface area contributed by atoms with Crippen molar-refractivity contribution in [2.45, 2.75) is 32.2 Å². The van der Waals surface area contributed by atoms with Crippen molar-refractivity contribution in [2.24, 2.45) is 5.92 Å². The van der Waals surface area contributed by atoms with Crippen molar-refractivity contribution in [3.05, 3.63) is 21.9 Å². The van der Waals surface area contributed by atoms with Crippen molar-refractivity contribution in [3.8, 4) is 0 Å². The average molecular weight is 294 g/mol. The molecule has 3 rings (SSSR count). The van der Waals surface area contributed by atoms with E-state index in [1.807, 2.05) is 16.2 Å². The van der Waals surface area contributed by atoms with Crippen LogP contribution >= 0.6 is 11.3 Å². The average Bonchev–Trinajstić information content (AvgIpc) is 3.14. The van der Waals surface area contributed by atoms with Gasteiger partial charge in [0.15, 0.2) is 0 Å². The number of hydrogen-bond donors (Lipinski definition) is 1. The van der Waals surface area contributed by atoms with Crippen LogP contribution in [0.1, 0.15) is 36.2 Å². The van der Waals surface area contributed by atoms with Gasteiger partial charge in [-0.15, -0.1) is 11.3 Å². The molecule has 1 N–H and O–H groups in total. The lowest BCUT2D eigenvalue weighted by atomic mass is 9.98. The number of hydrogen-bond acceptors (Lipinski definition) is 3. The van der Waals surface area contributed by atoms with E-state index in [4.69, 9.17) is 4.74 Å². The zero-order valence-electron chi connectivity index (χ0n) is 11.9. The van der Waals surface area contributed by atoms with E-state index < -0.39 is 0 Å². The van der Waals surface area contributed by atoms with E-state index in [-0.39, 0.29) is 12.1 Å². The van der Waals surface area contributed by atoms with E-state index in [0.29, 0.717) is 5.92 Å². The van der Waals surface area contributed by atoms with E-state index in [0.717, 1.165) is 45.6 Å². The quantitative estimate of drug-likeness (QED) is 0.931. The zero-order valence-corrected chi connectivity index (χ0v) is 12.7. The second kappa shape index (κ2) is 6.14. The molecule has 4 nitrogen and oxygen atoms in total. The predicted octanol–water partition coefficient (Wildman–Crippen LogP) is 2.80. The lowest BCUT2D eigenvalue weighted by molar-refractivity contribution is 0.163. The topological polar surface area (TPSA) is 41.6 Å². The highest BCUT2D eigenvalue weighted by Gasteiger charge is 2.30. The van der Waals surface area contributed by atoms with Crippen molar-refractivity contribution in [2.75, 3.05) is 26.3 Å². The maximum absolute atomic E-state index is 12.4. The van der Waals surface area contributed by atoms with Crippen LogP contribution in [-0.2, 0) is 11.2 Å². The molecule has 0 unspecified atom stereocenters. The summed E-state index contributed by atoms with van der Waals surface area (Å²) in [6.07, 6.45) is 3.03. The third kappa shape index (κ3) is 2.69. The van der Waals surface area contributed by atoms with E-state index in [9.17, 15) is 4.79 Å². The first-order valence-electron chi connectivity index (χ1n) is 7.48. The molecule has 2 atom stereocenters. The van der Waals surface area contributed by atoms with Gasteiger partial charge in [0, 0.05) is 30.5 Å². The Bertz CT molecular complexity index is 468. The third-order valence-electron chi connectivity index (χ3n) is 4.31. The molecule has 110 valence electrons. The molecule has 1 saturated heterocycles. The maximum atomic E-state index is 12.4. The Morgan fingerprint density at radius 3 is 3.25 bits per heavy atom.